The van der Waals surface area contributed by atoms with Gasteiger partial charge in [-0.2, -0.15) is 0 Å². The molecule has 202 valence electrons. The van der Waals surface area contributed by atoms with Crippen molar-refractivity contribution in [1.29, 1.82) is 0 Å². The van der Waals surface area contributed by atoms with Gasteiger partial charge in [-0.15, -0.1) is 0 Å². The average Bonchev–Trinajstić information content (AvgIpc) is 2.94. The van der Waals surface area contributed by atoms with E-state index in [2.05, 4.69) is 5.32 Å². The Morgan fingerprint density at radius 1 is 1.00 bits per heavy atom. The van der Waals surface area contributed by atoms with E-state index in [0.29, 0.717) is 35.3 Å². The number of benzene rings is 3. The molecule has 4 rings (SSSR count). The van der Waals surface area contributed by atoms with Crippen LogP contribution in [0.3, 0.4) is 0 Å². The highest BCUT2D eigenvalue weighted by Crippen LogP contribution is 2.33. The van der Waals surface area contributed by atoms with Gasteiger partial charge in [0.1, 0.15) is 25.0 Å². The lowest BCUT2D eigenvalue weighted by atomic mass is 10.2. The summed E-state index contributed by atoms with van der Waals surface area (Å²) in [6.45, 7) is 2.25. The molecule has 0 radical (unpaired) electrons. The molecule has 11 heteroatoms. The Labute approximate surface area is 222 Å². The number of carbonyl (C=O) groups excluding carboxylic acids is 1. The van der Waals surface area contributed by atoms with E-state index in [9.17, 15) is 13.2 Å². The predicted octanol–water partition coefficient (Wildman–Crippen LogP) is 3.25. The highest BCUT2D eigenvalue weighted by molar-refractivity contribution is 7.92. The van der Waals surface area contributed by atoms with Crippen molar-refractivity contribution < 1.29 is 36.9 Å². The molecule has 0 saturated carbocycles. The number of nitrogens with zero attached hydrogens (tertiary/aromatic N) is 1. The number of para-hydroxylation sites is 2. The Balaban J connectivity index is 1.55. The molecule has 0 aliphatic carbocycles. The Morgan fingerprint density at radius 3 is 2.39 bits per heavy atom. The molecule has 0 saturated heterocycles. The minimum Gasteiger partial charge on any atom is -0.494 e. The molecule has 0 aromatic heterocycles. The van der Waals surface area contributed by atoms with Gasteiger partial charge in [-0.05, 0) is 55.5 Å². The molecule has 38 heavy (non-hydrogen) atoms. The number of fused-ring (bicyclic) bond motifs is 1. The van der Waals surface area contributed by atoms with E-state index in [1.807, 2.05) is 19.1 Å². The number of nitrogens with one attached hydrogen (secondary N) is 1. The maximum atomic E-state index is 13.8. The molecule has 10 nitrogen and oxygen atoms in total. The lowest BCUT2D eigenvalue weighted by Gasteiger charge is -2.27. The monoisotopic (exact) mass is 542 g/mol. The lowest BCUT2D eigenvalue weighted by molar-refractivity contribution is -0.120. The van der Waals surface area contributed by atoms with Crippen molar-refractivity contribution in [3.8, 4) is 28.7 Å². The molecule has 1 unspecified atom stereocenters. The van der Waals surface area contributed by atoms with Crippen molar-refractivity contribution in [1.82, 2.24) is 5.32 Å². The van der Waals surface area contributed by atoms with E-state index in [4.69, 9.17) is 23.7 Å². The molecule has 1 aliphatic rings. The largest absolute Gasteiger partial charge is 0.494 e. The molecule has 3 aromatic rings. The summed E-state index contributed by atoms with van der Waals surface area (Å²) in [7, 11) is -1.30. The zero-order valence-corrected chi connectivity index (χ0v) is 22.2. The van der Waals surface area contributed by atoms with Gasteiger partial charge in [0.2, 0.25) is 5.91 Å². The fourth-order valence-corrected chi connectivity index (χ4v) is 5.31. The summed E-state index contributed by atoms with van der Waals surface area (Å²) in [5.74, 6) is 1.93. The highest BCUT2D eigenvalue weighted by atomic mass is 32.2. The number of sulfonamides is 1. The summed E-state index contributed by atoms with van der Waals surface area (Å²) < 4.78 is 56.1. The SMILES string of the molecule is CCOc1ccc(N(CC(=O)NCC2COc3ccccc3O2)S(=O)(=O)c2ccc(OC)c(OC)c2)cc1. The summed E-state index contributed by atoms with van der Waals surface area (Å²) in [6.07, 6.45) is -0.421. The predicted molar refractivity (Wildman–Crippen MR) is 141 cm³/mol. The fourth-order valence-electron chi connectivity index (χ4n) is 3.87. The number of ether oxygens (including phenoxy) is 5. The van der Waals surface area contributed by atoms with Crippen molar-refractivity contribution in [2.24, 2.45) is 0 Å². The van der Waals surface area contributed by atoms with Crippen LogP contribution in [0.1, 0.15) is 6.92 Å². The number of methoxy groups -OCH3 is 2. The lowest BCUT2D eigenvalue weighted by Crippen LogP contribution is -2.45. The molecule has 1 aliphatic heterocycles. The molecule has 0 fully saturated rings. The first kappa shape index (κ1) is 26.9. The Morgan fingerprint density at radius 2 is 1.71 bits per heavy atom. The minimum atomic E-state index is -4.17. The number of hydrogen-bond donors (Lipinski definition) is 1. The molecular formula is C27H30N2O8S. The Kier molecular flexibility index (Phi) is 8.47. The van der Waals surface area contributed by atoms with Gasteiger partial charge in [-0.3, -0.25) is 9.10 Å². The van der Waals surface area contributed by atoms with Crippen molar-refractivity contribution in [2.75, 3.05) is 44.8 Å². The Hall–Kier alpha value is -4.12. The number of carbonyl (C=O) groups is 1. The van der Waals surface area contributed by atoms with Crippen molar-refractivity contribution >= 4 is 21.6 Å². The minimum absolute atomic E-state index is 0.0579. The zero-order valence-electron chi connectivity index (χ0n) is 21.4. The van der Waals surface area contributed by atoms with Gasteiger partial charge in [0, 0.05) is 6.07 Å². The summed E-state index contributed by atoms with van der Waals surface area (Å²) >= 11 is 0. The molecule has 1 N–H and O–H groups in total. The number of rotatable bonds is 11. The first-order valence-electron chi connectivity index (χ1n) is 12.0. The first-order chi connectivity index (χ1) is 18.3. The molecule has 0 bridgehead atoms. The quantitative estimate of drug-likeness (QED) is 0.393. The van der Waals surface area contributed by atoms with Gasteiger partial charge < -0.3 is 29.0 Å². The van der Waals surface area contributed by atoms with Crippen LogP contribution in [-0.2, 0) is 14.8 Å². The van der Waals surface area contributed by atoms with Crippen LogP contribution in [0.15, 0.2) is 71.6 Å². The molecule has 1 heterocycles. The van der Waals surface area contributed by atoms with Crippen molar-refractivity contribution in [2.45, 2.75) is 17.9 Å². The molecule has 1 amide bonds. The van der Waals surface area contributed by atoms with Crippen LogP contribution in [0.4, 0.5) is 5.69 Å². The fraction of sp³-hybridized carbons (Fsp3) is 0.296. The molecule has 1 atom stereocenters. The van der Waals surface area contributed by atoms with Crippen LogP contribution < -0.4 is 33.3 Å². The molecule has 3 aromatic carbocycles. The van der Waals surface area contributed by atoms with Gasteiger partial charge in [0.25, 0.3) is 10.0 Å². The smallest absolute Gasteiger partial charge is 0.264 e. The van der Waals surface area contributed by atoms with E-state index in [1.165, 1.54) is 32.4 Å². The number of hydrogen-bond acceptors (Lipinski definition) is 8. The standard InChI is InChI=1S/C27H30N2O8S/c1-4-35-20-11-9-19(10-12-20)29(38(31,32)22-13-14-23(33-2)26(15-22)34-3)17-27(30)28-16-21-18-36-24-7-5-6-8-25(24)37-21/h5-15,21H,4,16-18H2,1-3H3,(H,28,30). The van der Waals surface area contributed by atoms with Crippen LogP contribution in [0.2, 0.25) is 0 Å². The van der Waals surface area contributed by atoms with Crippen molar-refractivity contribution in [3.63, 3.8) is 0 Å². The summed E-state index contributed by atoms with van der Waals surface area (Å²) in [6, 6.07) is 18.0. The maximum Gasteiger partial charge on any atom is 0.264 e. The van der Waals surface area contributed by atoms with Crippen LogP contribution in [-0.4, -0.2) is 61.0 Å². The van der Waals surface area contributed by atoms with Crippen LogP contribution in [0.5, 0.6) is 28.7 Å². The first-order valence-corrected chi connectivity index (χ1v) is 13.4. The van der Waals surface area contributed by atoms with E-state index in [0.717, 1.165) is 4.31 Å². The van der Waals surface area contributed by atoms with Gasteiger partial charge >= 0.3 is 0 Å². The van der Waals surface area contributed by atoms with Gasteiger partial charge in [-0.1, -0.05) is 12.1 Å². The molecular weight excluding hydrogens is 512 g/mol. The molecule has 0 spiro atoms. The Bertz CT molecular complexity index is 1360. The van der Waals surface area contributed by atoms with Gasteiger partial charge in [0.05, 0.1) is 38.0 Å². The van der Waals surface area contributed by atoms with Crippen LogP contribution in [0.25, 0.3) is 0 Å². The second kappa shape index (κ2) is 12.0. The maximum absolute atomic E-state index is 13.8. The third-order valence-corrected chi connectivity index (χ3v) is 7.53. The van der Waals surface area contributed by atoms with Gasteiger partial charge in [0.15, 0.2) is 23.0 Å². The highest BCUT2D eigenvalue weighted by Gasteiger charge is 2.29. The third kappa shape index (κ3) is 6.05. The average molecular weight is 543 g/mol. The van der Waals surface area contributed by atoms with E-state index in [1.54, 1.807) is 36.4 Å². The third-order valence-electron chi connectivity index (χ3n) is 5.76. The van der Waals surface area contributed by atoms with E-state index < -0.39 is 28.6 Å². The zero-order chi connectivity index (χ0) is 27.1. The van der Waals surface area contributed by atoms with Crippen LogP contribution >= 0.6 is 0 Å². The second-order valence-corrected chi connectivity index (χ2v) is 10.1. The number of anilines is 1. The van der Waals surface area contributed by atoms with Crippen molar-refractivity contribution in [3.05, 3.63) is 66.7 Å². The topological polar surface area (TPSA) is 113 Å². The summed E-state index contributed by atoms with van der Waals surface area (Å²) in [4.78, 5) is 12.9. The normalized spacial score (nSPS) is 14.3. The van der Waals surface area contributed by atoms with E-state index >= 15 is 0 Å². The number of amides is 1. The second-order valence-electron chi connectivity index (χ2n) is 8.26. The van der Waals surface area contributed by atoms with E-state index in [-0.39, 0.29) is 23.8 Å². The van der Waals surface area contributed by atoms with Crippen LogP contribution in [0, 0.1) is 0 Å². The summed E-state index contributed by atoms with van der Waals surface area (Å²) in [5.41, 5.74) is 0.296. The summed E-state index contributed by atoms with van der Waals surface area (Å²) in [5, 5.41) is 2.76. The van der Waals surface area contributed by atoms with Gasteiger partial charge in [-0.25, -0.2) is 8.42 Å².